The molecule has 0 saturated carbocycles. The molecule has 0 amide bonds. The summed E-state index contributed by atoms with van der Waals surface area (Å²) >= 11 is 0. The third kappa shape index (κ3) is 10.7. The van der Waals surface area contributed by atoms with Gasteiger partial charge in [0.25, 0.3) is 0 Å². The number of nitrogens with zero attached hydrogens (tertiary/aromatic N) is 2. The lowest BCUT2D eigenvalue weighted by molar-refractivity contribution is 0.145. The van der Waals surface area contributed by atoms with Crippen molar-refractivity contribution in [1.82, 2.24) is 15.5 Å². The van der Waals surface area contributed by atoms with Gasteiger partial charge in [0.2, 0.25) is 0 Å². The first-order valence-corrected chi connectivity index (χ1v) is 7.21. The van der Waals surface area contributed by atoms with E-state index in [1.165, 1.54) is 0 Å². The molecule has 0 aliphatic heterocycles. The molecule has 0 fully saturated rings. The average molecular weight is 400 g/mol. The van der Waals surface area contributed by atoms with Crippen molar-refractivity contribution >= 4 is 29.9 Å². The van der Waals surface area contributed by atoms with E-state index in [0.717, 1.165) is 45.2 Å². The molecule has 5 nitrogen and oxygen atoms in total. The van der Waals surface area contributed by atoms with E-state index in [-0.39, 0.29) is 29.5 Å². The Morgan fingerprint density at radius 2 is 1.85 bits per heavy atom. The van der Waals surface area contributed by atoms with E-state index >= 15 is 0 Å². The Morgan fingerprint density at radius 3 is 2.35 bits per heavy atom. The Hall–Kier alpha value is -0.0800. The van der Waals surface area contributed by atoms with Crippen LogP contribution in [0.5, 0.6) is 0 Å². The fourth-order valence-corrected chi connectivity index (χ4v) is 1.28. The maximum Gasteiger partial charge on any atom is 0.191 e. The van der Waals surface area contributed by atoms with Gasteiger partial charge in [0.05, 0.1) is 6.54 Å². The summed E-state index contributed by atoms with van der Waals surface area (Å²) in [5.41, 5.74) is 0.0632. The van der Waals surface area contributed by atoms with Gasteiger partial charge in [-0.15, -0.1) is 24.0 Å². The van der Waals surface area contributed by atoms with Crippen molar-refractivity contribution in [3.8, 4) is 0 Å². The maximum atomic E-state index is 5.31. The number of guanidine groups is 1. The minimum absolute atomic E-state index is 0. The molecule has 20 heavy (non-hydrogen) atoms. The second-order valence-corrected chi connectivity index (χ2v) is 5.38. The van der Waals surface area contributed by atoms with Crippen molar-refractivity contribution in [3.05, 3.63) is 0 Å². The zero-order chi connectivity index (χ0) is 14.7. The van der Waals surface area contributed by atoms with Gasteiger partial charge in [-0.2, -0.15) is 0 Å². The Morgan fingerprint density at radius 1 is 1.20 bits per heavy atom. The van der Waals surface area contributed by atoms with Crippen LogP contribution in [0.4, 0.5) is 0 Å². The van der Waals surface area contributed by atoms with Gasteiger partial charge in [0.15, 0.2) is 5.96 Å². The smallest absolute Gasteiger partial charge is 0.191 e. The van der Waals surface area contributed by atoms with Crippen LogP contribution >= 0.6 is 24.0 Å². The van der Waals surface area contributed by atoms with Crippen LogP contribution in [-0.4, -0.2) is 63.3 Å². The number of halogens is 1. The third-order valence-electron chi connectivity index (χ3n) is 3.14. The first-order valence-electron chi connectivity index (χ1n) is 7.21. The Bertz CT molecular complexity index is 258. The number of hydrogen-bond acceptors (Lipinski definition) is 3. The number of likely N-dealkylation sites (N-methyl/N-ethyl adjacent to an activating group) is 1. The largest absolute Gasteiger partial charge is 0.382 e. The topological polar surface area (TPSA) is 48.9 Å². The molecular formula is C14H33IN4O. The summed E-state index contributed by atoms with van der Waals surface area (Å²) in [5.74, 6) is 0.883. The molecule has 0 saturated heterocycles. The molecule has 0 aromatic rings. The van der Waals surface area contributed by atoms with Gasteiger partial charge in [-0.25, -0.2) is 0 Å². The molecule has 0 unspecified atom stereocenters. The predicted octanol–water partition coefficient (Wildman–Crippen LogP) is 1.93. The molecule has 0 heterocycles. The fraction of sp³-hybridized carbons (Fsp3) is 0.929. The third-order valence-corrected chi connectivity index (χ3v) is 3.14. The molecule has 0 atom stereocenters. The highest BCUT2D eigenvalue weighted by atomic mass is 127. The van der Waals surface area contributed by atoms with Gasteiger partial charge in [-0.1, -0.05) is 0 Å². The summed E-state index contributed by atoms with van der Waals surface area (Å²) in [6.45, 7) is 12.6. The molecular weight excluding hydrogens is 367 g/mol. The molecule has 0 aliphatic rings. The molecule has 0 aromatic heterocycles. The summed E-state index contributed by atoms with van der Waals surface area (Å²) in [6, 6.07) is 0. The Labute approximate surface area is 141 Å². The highest BCUT2D eigenvalue weighted by molar-refractivity contribution is 14.0. The first kappa shape index (κ1) is 22.2. The van der Waals surface area contributed by atoms with E-state index < -0.39 is 0 Å². The molecule has 2 N–H and O–H groups in total. The van der Waals surface area contributed by atoms with Gasteiger partial charge >= 0.3 is 0 Å². The van der Waals surface area contributed by atoms with E-state index in [9.17, 15) is 0 Å². The standard InChI is InChI=1S/C14H32N4O.HI/c1-7-15-13(16-10-9-11-19-8-2)17-12-14(3,4)18(5)6;/h7-12H2,1-6H3,(H2,15,16,17);1H. The summed E-state index contributed by atoms with van der Waals surface area (Å²) in [6.07, 6.45) is 0.995. The normalized spacial score (nSPS) is 12.2. The van der Waals surface area contributed by atoms with Gasteiger partial charge in [0.1, 0.15) is 0 Å². The minimum atomic E-state index is 0. The van der Waals surface area contributed by atoms with Crippen LogP contribution in [0.3, 0.4) is 0 Å². The molecule has 0 rings (SSSR count). The number of rotatable bonds is 9. The molecule has 122 valence electrons. The van der Waals surface area contributed by atoms with Crippen LogP contribution in [0.2, 0.25) is 0 Å². The quantitative estimate of drug-likeness (QED) is 0.269. The van der Waals surface area contributed by atoms with Crippen molar-refractivity contribution in [3.63, 3.8) is 0 Å². The number of nitrogens with one attached hydrogen (secondary N) is 2. The number of aliphatic imine (C=N–C) groups is 1. The van der Waals surface area contributed by atoms with Crippen molar-refractivity contribution < 1.29 is 4.74 Å². The second-order valence-electron chi connectivity index (χ2n) is 5.38. The van der Waals surface area contributed by atoms with Crippen molar-refractivity contribution in [2.75, 3.05) is 46.9 Å². The van der Waals surface area contributed by atoms with Crippen LogP contribution < -0.4 is 10.6 Å². The molecule has 6 heteroatoms. The van der Waals surface area contributed by atoms with E-state index in [1.807, 2.05) is 6.92 Å². The molecule has 0 aromatic carbocycles. The van der Waals surface area contributed by atoms with Gasteiger partial charge in [-0.05, 0) is 48.2 Å². The lowest BCUT2D eigenvalue weighted by Crippen LogP contribution is -2.44. The highest BCUT2D eigenvalue weighted by Crippen LogP contribution is 2.09. The van der Waals surface area contributed by atoms with E-state index in [1.54, 1.807) is 0 Å². The van der Waals surface area contributed by atoms with Gasteiger partial charge in [0, 0.05) is 31.8 Å². The van der Waals surface area contributed by atoms with Crippen molar-refractivity contribution in [2.24, 2.45) is 4.99 Å². The maximum absolute atomic E-state index is 5.31. The monoisotopic (exact) mass is 400 g/mol. The second kappa shape index (κ2) is 12.6. The van der Waals surface area contributed by atoms with Gasteiger partial charge < -0.3 is 20.3 Å². The summed E-state index contributed by atoms with van der Waals surface area (Å²) in [7, 11) is 4.16. The van der Waals surface area contributed by atoms with Crippen LogP contribution in [-0.2, 0) is 4.74 Å². The number of ether oxygens (including phenoxy) is 1. The number of hydrogen-bond donors (Lipinski definition) is 2. The molecule has 0 spiro atoms. The average Bonchev–Trinajstić information content (AvgIpc) is 2.35. The predicted molar refractivity (Wildman–Crippen MR) is 98.3 cm³/mol. The summed E-state index contributed by atoms with van der Waals surface area (Å²) < 4.78 is 5.31. The highest BCUT2D eigenvalue weighted by Gasteiger charge is 2.19. The molecule has 0 aliphatic carbocycles. The van der Waals surface area contributed by atoms with Crippen LogP contribution in [0.1, 0.15) is 34.1 Å². The van der Waals surface area contributed by atoms with Gasteiger partial charge in [-0.3, -0.25) is 4.99 Å². The van der Waals surface area contributed by atoms with Crippen LogP contribution in [0, 0.1) is 0 Å². The lowest BCUT2D eigenvalue weighted by Gasteiger charge is -2.31. The zero-order valence-corrected chi connectivity index (χ0v) is 16.3. The van der Waals surface area contributed by atoms with E-state index in [0.29, 0.717) is 0 Å². The van der Waals surface area contributed by atoms with Crippen molar-refractivity contribution in [2.45, 2.75) is 39.7 Å². The molecule has 0 radical (unpaired) electrons. The first-order chi connectivity index (χ1) is 8.94. The minimum Gasteiger partial charge on any atom is -0.382 e. The fourth-order valence-electron chi connectivity index (χ4n) is 1.28. The van der Waals surface area contributed by atoms with Crippen molar-refractivity contribution in [1.29, 1.82) is 0 Å². The summed E-state index contributed by atoms with van der Waals surface area (Å²) in [4.78, 5) is 6.83. The van der Waals surface area contributed by atoms with E-state index in [4.69, 9.17) is 4.74 Å². The molecule has 0 bridgehead atoms. The lowest BCUT2D eigenvalue weighted by atomic mass is 10.1. The van der Waals surface area contributed by atoms with Crippen LogP contribution in [0.15, 0.2) is 4.99 Å². The Kier molecular flexibility index (Phi) is 14.0. The SMILES string of the molecule is CCNC(=NCC(C)(C)N(C)C)NCCCOCC.I. The van der Waals surface area contributed by atoms with E-state index in [2.05, 4.69) is 55.4 Å². The summed E-state index contributed by atoms with van der Waals surface area (Å²) in [5, 5.41) is 6.60. The Balaban J connectivity index is 0. The zero-order valence-electron chi connectivity index (χ0n) is 14.0. The van der Waals surface area contributed by atoms with Crippen LogP contribution in [0.25, 0.3) is 0 Å².